The summed E-state index contributed by atoms with van der Waals surface area (Å²) in [7, 11) is 1.41. The minimum Gasteiger partial charge on any atom is -0.495 e. The van der Waals surface area contributed by atoms with E-state index < -0.39 is 29.8 Å². The predicted octanol–water partition coefficient (Wildman–Crippen LogP) is 5.10. The maximum Gasteiger partial charge on any atom is 0.411 e. The summed E-state index contributed by atoms with van der Waals surface area (Å²) in [5.41, 5.74) is 2.61. The van der Waals surface area contributed by atoms with E-state index in [1.807, 2.05) is 0 Å². The maximum atomic E-state index is 13.4. The summed E-state index contributed by atoms with van der Waals surface area (Å²) in [6, 6.07) is 11.7. The Morgan fingerprint density at radius 1 is 1.12 bits per heavy atom. The number of aryl methyl sites for hydroxylation is 1. The molecule has 2 aliphatic heterocycles. The van der Waals surface area contributed by atoms with Gasteiger partial charge in [-0.25, -0.2) is 9.18 Å². The van der Waals surface area contributed by atoms with Gasteiger partial charge in [-0.2, -0.15) is 0 Å². The number of benzene rings is 3. The second-order valence-electron chi connectivity index (χ2n) is 9.55. The van der Waals surface area contributed by atoms with Gasteiger partial charge in [-0.3, -0.25) is 25.0 Å². The highest BCUT2D eigenvalue weighted by Crippen LogP contribution is 2.36. The Labute approximate surface area is 239 Å². The topological polar surface area (TPSA) is 123 Å². The minimum absolute atomic E-state index is 0.0590. The van der Waals surface area contributed by atoms with Gasteiger partial charge in [0, 0.05) is 30.3 Å². The maximum absolute atomic E-state index is 13.4. The lowest BCUT2D eigenvalue weighted by atomic mass is 10.0. The number of carbonyl (C=O) groups excluding carboxylic acids is 4. The molecule has 2 N–H and O–H groups in total. The van der Waals surface area contributed by atoms with Gasteiger partial charge in [0.05, 0.1) is 17.7 Å². The fraction of sp³-hybridized carbons (Fsp3) is 0.241. The molecule has 0 bridgehead atoms. The number of carbonyl (C=O) groups is 4. The fourth-order valence-corrected chi connectivity index (χ4v) is 4.99. The molecule has 3 aromatic rings. The predicted molar refractivity (Wildman–Crippen MR) is 146 cm³/mol. The number of imide groups is 1. The molecule has 0 aromatic heterocycles. The number of piperidine rings is 1. The summed E-state index contributed by atoms with van der Waals surface area (Å²) in [6.45, 7) is 1.79. The summed E-state index contributed by atoms with van der Waals surface area (Å²) in [5, 5.41) is 4.89. The highest BCUT2D eigenvalue weighted by Gasteiger charge is 2.41. The third-order valence-electron chi connectivity index (χ3n) is 6.85. The Kier molecular flexibility index (Phi) is 7.80. The van der Waals surface area contributed by atoms with Crippen molar-refractivity contribution >= 4 is 41.1 Å². The third kappa shape index (κ3) is 5.80. The highest BCUT2D eigenvalue weighted by molar-refractivity contribution is 6.30. The third-order valence-corrected chi connectivity index (χ3v) is 7.14. The molecule has 5 rings (SSSR count). The van der Waals surface area contributed by atoms with Gasteiger partial charge in [0.15, 0.2) is 0 Å². The van der Waals surface area contributed by atoms with Crippen LogP contribution in [-0.2, 0) is 27.5 Å². The van der Waals surface area contributed by atoms with Crippen LogP contribution in [0.5, 0.6) is 17.2 Å². The van der Waals surface area contributed by atoms with E-state index in [2.05, 4.69) is 10.6 Å². The molecule has 1 atom stereocenters. The lowest BCUT2D eigenvalue weighted by Crippen LogP contribution is -2.52. The number of fused-ring (bicyclic) bond motifs is 1. The van der Waals surface area contributed by atoms with Gasteiger partial charge >= 0.3 is 6.09 Å². The molecule has 0 saturated carbocycles. The number of ether oxygens (including phenoxy) is 3. The summed E-state index contributed by atoms with van der Waals surface area (Å²) in [5.74, 6) is -0.725. The number of hydrogen-bond donors (Lipinski definition) is 2. The van der Waals surface area contributed by atoms with Crippen molar-refractivity contribution in [3.63, 3.8) is 0 Å². The first-order valence-corrected chi connectivity index (χ1v) is 13.0. The highest BCUT2D eigenvalue weighted by atomic mass is 35.5. The van der Waals surface area contributed by atoms with Gasteiger partial charge in [-0.1, -0.05) is 23.7 Å². The fourth-order valence-electron chi connectivity index (χ4n) is 4.82. The Bertz CT molecular complexity index is 1580. The van der Waals surface area contributed by atoms with E-state index in [-0.39, 0.29) is 42.7 Å². The van der Waals surface area contributed by atoms with Gasteiger partial charge in [0.25, 0.3) is 5.91 Å². The second-order valence-corrected chi connectivity index (χ2v) is 9.96. The van der Waals surface area contributed by atoms with E-state index in [0.717, 1.165) is 0 Å². The Morgan fingerprint density at radius 3 is 2.59 bits per heavy atom. The van der Waals surface area contributed by atoms with E-state index in [4.69, 9.17) is 25.8 Å². The van der Waals surface area contributed by atoms with Crippen molar-refractivity contribution in [3.05, 3.63) is 81.6 Å². The molecule has 1 saturated heterocycles. The van der Waals surface area contributed by atoms with Crippen LogP contribution in [-0.4, -0.2) is 41.9 Å². The van der Waals surface area contributed by atoms with Crippen LogP contribution in [0, 0.1) is 12.7 Å². The zero-order chi connectivity index (χ0) is 29.3. The molecule has 0 aliphatic carbocycles. The van der Waals surface area contributed by atoms with E-state index in [1.54, 1.807) is 37.3 Å². The standard InChI is InChI=1S/C29H25ClFN3O7/c1-15-11-18(41-19-5-7-21(31)20(30)12-19)6-8-22(15)32-29(38)40-14-17-4-3-16-13-34(28(37)25(16)26(17)39-2)23-9-10-24(35)33-27(23)36/h3-8,11-12,23H,9-10,13-14H2,1-2H3,(H,32,38)(H,33,35,36). The molecule has 0 radical (unpaired) electrons. The second kappa shape index (κ2) is 11.5. The number of nitrogens with one attached hydrogen (secondary N) is 2. The molecule has 0 spiro atoms. The van der Waals surface area contributed by atoms with Crippen molar-refractivity contribution in [2.75, 3.05) is 12.4 Å². The van der Waals surface area contributed by atoms with Gasteiger partial charge < -0.3 is 19.1 Å². The zero-order valence-corrected chi connectivity index (χ0v) is 22.8. The number of hydrogen-bond acceptors (Lipinski definition) is 7. The van der Waals surface area contributed by atoms with Crippen molar-refractivity contribution in [1.82, 2.24) is 10.2 Å². The first-order chi connectivity index (χ1) is 19.6. The van der Waals surface area contributed by atoms with E-state index in [1.165, 1.54) is 30.2 Å². The summed E-state index contributed by atoms with van der Waals surface area (Å²) in [6.07, 6.45) is -0.331. The molecular weight excluding hydrogens is 557 g/mol. The van der Waals surface area contributed by atoms with E-state index >= 15 is 0 Å². The normalized spacial score (nSPS) is 16.2. The average Bonchev–Trinajstić information content (AvgIpc) is 3.27. The molecule has 2 heterocycles. The van der Waals surface area contributed by atoms with Crippen LogP contribution in [0.15, 0.2) is 48.5 Å². The molecule has 41 heavy (non-hydrogen) atoms. The number of amides is 4. The molecule has 212 valence electrons. The van der Waals surface area contributed by atoms with Crippen molar-refractivity contribution < 1.29 is 37.8 Å². The van der Waals surface area contributed by atoms with E-state index in [9.17, 15) is 23.6 Å². The smallest absolute Gasteiger partial charge is 0.411 e. The van der Waals surface area contributed by atoms with Gasteiger partial charge in [0.2, 0.25) is 11.8 Å². The van der Waals surface area contributed by atoms with Crippen LogP contribution >= 0.6 is 11.6 Å². The summed E-state index contributed by atoms with van der Waals surface area (Å²) in [4.78, 5) is 51.2. The van der Waals surface area contributed by atoms with Gasteiger partial charge in [-0.15, -0.1) is 0 Å². The lowest BCUT2D eigenvalue weighted by Gasteiger charge is -2.29. The van der Waals surface area contributed by atoms with E-state index in [0.29, 0.717) is 39.4 Å². The Balaban J connectivity index is 1.23. The minimum atomic E-state index is -0.753. The lowest BCUT2D eigenvalue weighted by molar-refractivity contribution is -0.136. The number of methoxy groups -OCH3 is 1. The van der Waals surface area contributed by atoms with Crippen molar-refractivity contribution in [1.29, 1.82) is 0 Å². The molecule has 12 heteroatoms. The number of nitrogens with zero attached hydrogens (tertiary/aromatic N) is 1. The zero-order valence-electron chi connectivity index (χ0n) is 22.1. The molecule has 10 nitrogen and oxygen atoms in total. The van der Waals surface area contributed by atoms with Gasteiger partial charge in [0.1, 0.15) is 35.7 Å². The van der Waals surface area contributed by atoms with Crippen LogP contribution in [0.1, 0.15) is 39.9 Å². The number of anilines is 1. The van der Waals surface area contributed by atoms with Gasteiger partial charge in [-0.05, 0) is 54.8 Å². The monoisotopic (exact) mass is 581 g/mol. The molecule has 1 unspecified atom stereocenters. The quantitative estimate of drug-likeness (QED) is 0.372. The van der Waals surface area contributed by atoms with Crippen molar-refractivity contribution in [2.24, 2.45) is 0 Å². The molecule has 4 amide bonds. The molecule has 3 aromatic carbocycles. The molecule has 1 fully saturated rings. The van der Waals surface area contributed by atoms with Crippen LogP contribution < -0.4 is 20.1 Å². The van der Waals surface area contributed by atoms with Crippen LogP contribution in [0.2, 0.25) is 5.02 Å². The summed E-state index contributed by atoms with van der Waals surface area (Å²) >= 11 is 5.80. The number of halogens is 2. The van der Waals surface area contributed by atoms with Crippen LogP contribution in [0.4, 0.5) is 14.9 Å². The van der Waals surface area contributed by atoms with Crippen LogP contribution in [0.25, 0.3) is 0 Å². The first kappa shape index (κ1) is 27.9. The SMILES string of the molecule is COc1c(COC(=O)Nc2ccc(Oc3ccc(F)c(Cl)c3)cc2C)ccc2c1C(=O)N(C1CCC(=O)NC1=O)C2. The van der Waals surface area contributed by atoms with Crippen molar-refractivity contribution in [2.45, 2.75) is 39.0 Å². The summed E-state index contributed by atoms with van der Waals surface area (Å²) < 4.78 is 30.0. The largest absolute Gasteiger partial charge is 0.495 e. The number of rotatable bonds is 7. The first-order valence-electron chi connectivity index (χ1n) is 12.7. The Hall–Kier alpha value is -4.64. The molecule has 2 aliphatic rings. The van der Waals surface area contributed by atoms with Crippen molar-refractivity contribution in [3.8, 4) is 17.2 Å². The molecular formula is C29H25ClFN3O7. The average molecular weight is 582 g/mol. The van der Waals surface area contributed by atoms with Crippen LogP contribution in [0.3, 0.4) is 0 Å². The Morgan fingerprint density at radius 2 is 1.88 bits per heavy atom.